The van der Waals surface area contributed by atoms with Crippen molar-refractivity contribution in [2.45, 2.75) is 66.0 Å². The van der Waals surface area contributed by atoms with E-state index in [0.29, 0.717) is 26.4 Å². The molecular formula is C26H42O6. The molecule has 1 aromatic rings. The molecule has 1 rings (SSSR count). The fourth-order valence-corrected chi connectivity index (χ4v) is 2.83. The van der Waals surface area contributed by atoms with Crippen molar-refractivity contribution < 1.29 is 28.4 Å². The standard InChI is InChI=1S/C26H42O6/c1-19(13-29-23(5)17-31-21(3)15-27-7)25-10-9-11-26(12-25)20(2)14-30-24(6)18-32-22(4)16-28-8/h9-14,21-24H,15-18H2,1-8H3/b19-13+,20-14+. The third kappa shape index (κ3) is 11.7. The van der Waals surface area contributed by atoms with E-state index < -0.39 is 0 Å². The molecule has 32 heavy (non-hydrogen) atoms. The molecule has 0 spiro atoms. The maximum Gasteiger partial charge on any atom is 0.118 e. The van der Waals surface area contributed by atoms with Crippen LogP contribution in [-0.2, 0) is 28.4 Å². The van der Waals surface area contributed by atoms with Crippen LogP contribution in [0.25, 0.3) is 11.1 Å². The molecule has 0 saturated carbocycles. The Morgan fingerprint density at radius 2 is 1.09 bits per heavy atom. The smallest absolute Gasteiger partial charge is 0.118 e. The van der Waals surface area contributed by atoms with Gasteiger partial charge in [-0.25, -0.2) is 0 Å². The summed E-state index contributed by atoms with van der Waals surface area (Å²) in [5.41, 5.74) is 4.29. The Hall–Kier alpha value is -1.86. The number of rotatable bonds is 16. The van der Waals surface area contributed by atoms with Gasteiger partial charge in [0.2, 0.25) is 0 Å². The van der Waals surface area contributed by atoms with Gasteiger partial charge in [-0.05, 0) is 69.9 Å². The van der Waals surface area contributed by atoms with Gasteiger partial charge in [-0.2, -0.15) is 0 Å². The van der Waals surface area contributed by atoms with Gasteiger partial charge >= 0.3 is 0 Å². The molecule has 6 nitrogen and oxygen atoms in total. The van der Waals surface area contributed by atoms with Crippen LogP contribution in [0, 0.1) is 0 Å². The van der Waals surface area contributed by atoms with Crippen molar-refractivity contribution in [2.24, 2.45) is 0 Å². The van der Waals surface area contributed by atoms with Crippen molar-refractivity contribution in [3.05, 3.63) is 47.9 Å². The second kappa shape index (κ2) is 15.9. The van der Waals surface area contributed by atoms with Crippen LogP contribution in [0.5, 0.6) is 0 Å². The zero-order valence-corrected chi connectivity index (χ0v) is 21.1. The molecule has 1 aromatic carbocycles. The van der Waals surface area contributed by atoms with Crippen LogP contribution >= 0.6 is 0 Å². The Morgan fingerprint density at radius 1 is 0.688 bits per heavy atom. The number of ether oxygens (including phenoxy) is 6. The summed E-state index contributed by atoms with van der Waals surface area (Å²) in [6.07, 6.45) is 3.60. The van der Waals surface area contributed by atoms with Crippen molar-refractivity contribution >= 4 is 11.1 Å². The molecule has 0 aromatic heterocycles. The number of allylic oxidation sites excluding steroid dienone is 2. The lowest BCUT2D eigenvalue weighted by molar-refractivity contribution is -0.0302. The minimum Gasteiger partial charge on any atom is -0.496 e. The Bertz CT molecular complexity index is 644. The minimum atomic E-state index is -0.0437. The molecule has 0 N–H and O–H groups in total. The highest BCUT2D eigenvalue weighted by molar-refractivity contribution is 5.70. The normalized spacial score (nSPS) is 16.4. The summed E-state index contributed by atoms with van der Waals surface area (Å²) >= 11 is 0. The van der Waals surface area contributed by atoms with Crippen LogP contribution < -0.4 is 0 Å². The van der Waals surface area contributed by atoms with Gasteiger partial charge in [-0.3, -0.25) is 0 Å². The third-order valence-corrected chi connectivity index (χ3v) is 4.76. The summed E-state index contributed by atoms with van der Waals surface area (Å²) in [7, 11) is 3.34. The summed E-state index contributed by atoms with van der Waals surface area (Å²) in [6.45, 7) is 14.2. The van der Waals surface area contributed by atoms with E-state index in [1.807, 2.05) is 47.6 Å². The molecule has 0 fully saturated rings. The van der Waals surface area contributed by atoms with Crippen molar-refractivity contribution in [1.29, 1.82) is 0 Å². The third-order valence-electron chi connectivity index (χ3n) is 4.76. The topological polar surface area (TPSA) is 55.4 Å². The fourth-order valence-electron chi connectivity index (χ4n) is 2.83. The summed E-state index contributed by atoms with van der Waals surface area (Å²) in [4.78, 5) is 0. The highest BCUT2D eigenvalue weighted by atomic mass is 16.6. The number of methoxy groups -OCH3 is 2. The molecule has 6 heteroatoms. The highest BCUT2D eigenvalue weighted by Crippen LogP contribution is 2.21. The Labute approximate surface area is 194 Å². The first-order valence-electron chi connectivity index (χ1n) is 11.2. The highest BCUT2D eigenvalue weighted by Gasteiger charge is 2.08. The van der Waals surface area contributed by atoms with Crippen molar-refractivity contribution in [1.82, 2.24) is 0 Å². The van der Waals surface area contributed by atoms with Crippen molar-refractivity contribution in [3.8, 4) is 0 Å². The van der Waals surface area contributed by atoms with E-state index >= 15 is 0 Å². The summed E-state index contributed by atoms with van der Waals surface area (Å²) < 4.78 is 33.3. The molecule has 0 bridgehead atoms. The van der Waals surface area contributed by atoms with Crippen LogP contribution in [0.4, 0.5) is 0 Å². The first kappa shape index (κ1) is 28.2. The average Bonchev–Trinajstić information content (AvgIpc) is 2.78. The second-order valence-electron chi connectivity index (χ2n) is 8.27. The second-order valence-corrected chi connectivity index (χ2v) is 8.27. The quantitative estimate of drug-likeness (QED) is 0.318. The molecule has 0 saturated heterocycles. The van der Waals surface area contributed by atoms with Gasteiger partial charge in [0.05, 0.1) is 51.2 Å². The van der Waals surface area contributed by atoms with E-state index in [1.54, 1.807) is 26.7 Å². The Morgan fingerprint density at radius 3 is 1.47 bits per heavy atom. The molecule has 0 amide bonds. The van der Waals surface area contributed by atoms with Gasteiger partial charge in [0.1, 0.15) is 12.2 Å². The lowest BCUT2D eigenvalue weighted by atomic mass is 10.0. The average molecular weight is 451 g/mol. The number of hydrogen-bond acceptors (Lipinski definition) is 6. The van der Waals surface area contributed by atoms with Gasteiger partial charge in [0.15, 0.2) is 0 Å². The zero-order chi connectivity index (χ0) is 23.9. The molecular weight excluding hydrogens is 408 g/mol. The summed E-state index contributed by atoms with van der Waals surface area (Å²) in [6, 6.07) is 8.32. The van der Waals surface area contributed by atoms with Gasteiger partial charge in [0.25, 0.3) is 0 Å². The SMILES string of the molecule is COCC(C)OCC(C)O/C=C(\C)c1cccc(/C(C)=C/OC(C)COC(C)COC)c1. The van der Waals surface area contributed by atoms with E-state index in [-0.39, 0.29) is 24.4 Å². The van der Waals surface area contributed by atoms with E-state index in [2.05, 4.69) is 18.2 Å². The minimum absolute atomic E-state index is 0.0437. The summed E-state index contributed by atoms with van der Waals surface area (Å²) in [5, 5.41) is 0. The Kier molecular flexibility index (Phi) is 14.0. The van der Waals surface area contributed by atoms with Gasteiger partial charge in [-0.1, -0.05) is 18.2 Å². The molecule has 0 aliphatic rings. The molecule has 0 aliphatic heterocycles. The van der Waals surface area contributed by atoms with Crippen molar-refractivity contribution in [2.75, 3.05) is 40.6 Å². The van der Waals surface area contributed by atoms with E-state index in [4.69, 9.17) is 28.4 Å². The van der Waals surface area contributed by atoms with Crippen LogP contribution in [0.2, 0.25) is 0 Å². The predicted octanol–water partition coefficient (Wildman–Crippen LogP) is 5.32. The van der Waals surface area contributed by atoms with Gasteiger partial charge < -0.3 is 28.4 Å². The van der Waals surface area contributed by atoms with Crippen molar-refractivity contribution in [3.63, 3.8) is 0 Å². The maximum absolute atomic E-state index is 5.84. The van der Waals surface area contributed by atoms with Crippen LogP contribution in [0.15, 0.2) is 36.8 Å². The largest absolute Gasteiger partial charge is 0.496 e. The monoisotopic (exact) mass is 450 g/mol. The molecule has 4 unspecified atom stereocenters. The van der Waals surface area contributed by atoms with Crippen LogP contribution in [0.3, 0.4) is 0 Å². The van der Waals surface area contributed by atoms with Crippen LogP contribution in [0.1, 0.15) is 52.7 Å². The van der Waals surface area contributed by atoms with E-state index in [1.165, 1.54) is 0 Å². The number of benzene rings is 1. The summed E-state index contributed by atoms with van der Waals surface area (Å²) in [5.74, 6) is 0. The molecule has 182 valence electrons. The van der Waals surface area contributed by atoms with Gasteiger partial charge in [0, 0.05) is 14.2 Å². The molecule has 0 radical (unpaired) electrons. The van der Waals surface area contributed by atoms with E-state index in [0.717, 1.165) is 22.3 Å². The lowest BCUT2D eigenvalue weighted by Gasteiger charge is -2.17. The fraction of sp³-hybridized carbons (Fsp3) is 0.615. The first-order chi connectivity index (χ1) is 15.3. The molecule has 0 heterocycles. The Balaban J connectivity index is 2.61. The number of hydrogen-bond donors (Lipinski definition) is 0. The maximum atomic E-state index is 5.84. The molecule has 4 atom stereocenters. The van der Waals surface area contributed by atoms with Gasteiger partial charge in [-0.15, -0.1) is 0 Å². The zero-order valence-electron chi connectivity index (χ0n) is 21.1. The van der Waals surface area contributed by atoms with Crippen LogP contribution in [-0.4, -0.2) is 65.1 Å². The van der Waals surface area contributed by atoms with E-state index in [9.17, 15) is 0 Å². The molecule has 0 aliphatic carbocycles. The lowest BCUT2D eigenvalue weighted by Crippen LogP contribution is -2.22. The first-order valence-corrected chi connectivity index (χ1v) is 11.2. The predicted molar refractivity (Wildman–Crippen MR) is 129 cm³/mol.